The highest BCUT2D eigenvalue weighted by molar-refractivity contribution is 6.22. The predicted octanol–water partition coefficient (Wildman–Crippen LogP) is 2.84. The van der Waals surface area contributed by atoms with Crippen LogP contribution in [0.3, 0.4) is 0 Å². The van der Waals surface area contributed by atoms with Crippen LogP contribution in [-0.4, -0.2) is 43.9 Å². The Kier molecular flexibility index (Phi) is 4.98. The van der Waals surface area contributed by atoms with E-state index in [1.54, 1.807) is 30.7 Å². The first kappa shape index (κ1) is 20.3. The Balaban J connectivity index is 1.38. The monoisotopic (exact) mass is 449 g/mol. The van der Waals surface area contributed by atoms with Gasteiger partial charge in [0.1, 0.15) is 5.76 Å². The number of aromatic nitrogens is 2. The second-order valence-electron chi connectivity index (χ2n) is 8.06. The van der Waals surface area contributed by atoms with Crippen LogP contribution in [0.5, 0.6) is 0 Å². The molecule has 2 atom stereocenters. The standard InChI is InChI=1S/C23H20ClN5O3/c24-17-5-6-19-20(9-17)32-8-7-23(19)21(30)29(22(31)27-23)13-18-11-26-14-28(18)12-16-3-1-15(10-25)2-4-16/h1-6,11,14,17H,7-9,12-13H2,(H,27,31). The Hall–Kier alpha value is -3.57. The number of halogens is 1. The Labute approximate surface area is 189 Å². The zero-order chi connectivity index (χ0) is 22.3. The highest BCUT2D eigenvalue weighted by atomic mass is 35.5. The largest absolute Gasteiger partial charge is 0.497 e. The highest BCUT2D eigenvalue weighted by Gasteiger charge is 2.55. The Bertz CT molecular complexity index is 1190. The second kappa shape index (κ2) is 7.84. The van der Waals surface area contributed by atoms with E-state index in [0.29, 0.717) is 42.9 Å². The number of benzene rings is 1. The molecular weight excluding hydrogens is 430 g/mol. The molecule has 1 aliphatic carbocycles. The molecule has 162 valence electrons. The first-order valence-corrected chi connectivity index (χ1v) is 10.7. The van der Waals surface area contributed by atoms with Gasteiger partial charge in [-0.1, -0.05) is 24.3 Å². The van der Waals surface area contributed by atoms with Gasteiger partial charge in [0.15, 0.2) is 5.54 Å². The summed E-state index contributed by atoms with van der Waals surface area (Å²) < 4.78 is 7.64. The van der Waals surface area contributed by atoms with E-state index in [9.17, 15) is 9.59 Å². The molecule has 3 amide bonds. The first-order chi connectivity index (χ1) is 15.5. The van der Waals surface area contributed by atoms with Gasteiger partial charge in [-0.05, 0) is 17.7 Å². The van der Waals surface area contributed by atoms with Gasteiger partial charge >= 0.3 is 6.03 Å². The van der Waals surface area contributed by atoms with Crippen LogP contribution in [-0.2, 0) is 22.6 Å². The third kappa shape index (κ3) is 3.35. The van der Waals surface area contributed by atoms with Crippen molar-refractivity contribution in [1.29, 1.82) is 5.26 Å². The van der Waals surface area contributed by atoms with E-state index in [2.05, 4.69) is 16.4 Å². The molecule has 0 radical (unpaired) electrons. The number of fused-ring (bicyclic) bond motifs is 1. The zero-order valence-corrected chi connectivity index (χ0v) is 17.9. The molecule has 1 aromatic carbocycles. The van der Waals surface area contributed by atoms with E-state index in [4.69, 9.17) is 21.6 Å². The minimum atomic E-state index is -1.11. The normalized spacial score (nSPS) is 24.4. The molecule has 1 saturated heterocycles. The van der Waals surface area contributed by atoms with Gasteiger partial charge in [0.2, 0.25) is 0 Å². The molecule has 1 N–H and O–H groups in total. The number of hydrogen-bond acceptors (Lipinski definition) is 5. The first-order valence-electron chi connectivity index (χ1n) is 10.3. The number of hydrogen-bond donors (Lipinski definition) is 1. The quantitative estimate of drug-likeness (QED) is 0.571. The molecule has 2 aliphatic heterocycles. The Morgan fingerprint density at radius 1 is 1.28 bits per heavy atom. The van der Waals surface area contributed by atoms with Gasteiger partial charge in [-0.25, -0.2) is 9.78 Å². The van der Waals surface area contributed by atoms with Crippen LogP contribution >= 0.6 is 11.6 Å². The molecule has 0 saturated carbocycles. The van der Waals surface area contributed by atoms with Crippen molar-refractivity contribution >= 4 is 23.5 Å². The minimum Gasteiger partial charge on any atom is -0.497 e. The molecule has 1 fully saturated rings. The number of nitrogens with zero attached hydrogens (tertiary/aromatic N) is 4. The van der Waals surface area contributed by atoms with E-state index in [0.717, 1.165) is 11.3 Å². The number of nitrogens with one attached hydrogen (secondary N) is 1. The number of rotatable bonds is 4. The third-order valence-electron chi connectivity index (χ3n) is 6.10. The number of nitriles is 1. The summed E-state index contributed by atoms with van der Waals surface area (Å²) in [7, 11) is 0. The average Bonchev–Trinajstić information content (AvgIpc) is 3.32. The van der Waals surface area contributed by atoms with Crippen molar-refractivity contribution in [2.45, 2.75) is 36.8 Å². The second-order valence-corrected chi connectivity index (χ2v) is 8.62. The van der Waals surface area contributed by atoms with Gasteiger partial charge < -0.3 is 14.6 Å². The van der Waals surface area contributed by atoms with Gasteiger partial charge in [0, 0.05) is 31.2 Å². The van der Waals surface area contributed by atoms with Crippen molar-refractivity contribution in [2.75, 3.05) is 6.61 Å². The summed E-state index contributed by atoms with van der Waals surface area (Å²) in [6.07, 6.45) is 7.81. The van der Waals surface area contributed by atoms with Gasteiger partial charge in [0.25, 0.3) is 5.91 Å². The fraction of sp³-hybridized carbons (Fsp3) is 0.304. The number of ether oxygens (including phenoxy) is 1. The number of imide groups is 1. The van der Waals surface area contributed by atoms with E-state index < -0.39 is 11.6 Å². The summed E-state index contributed by atoms with van der Waals surface area (Å²) in [5.41, 5.74) is 1.88. The van der Waals surface area contributed by atoms with Crippen molar-refractivity contribution in [3.63, 3.8) is 0 Å². The topological polar surface area (TPSA) is 100 Å². The molecule has 1 aromatic heterocycles. The maximum Gasteiger partial charge on any atom is 0.325 e. The number of imidazole rings is 1. The number of amides is 3. The summed E-state index contributed by atoms with van der Waals surface area (Å²) in [4.78, 5) is 31.9. The average molecular weight is 450 g/mol. The van der Waals surface area contributed by atoms with Crippen LogP contribution in [0.25, 0.3) is 0 Å². The third-order valence-corrected chi connectivity index (χ3v) is 6.40. The lowest BCUT2D eigenvalue weighted by Crippen LogP contribution is -2.52. The maximum absolute atomic E-state index is 13.5. The molecule has 32 heavy (non-hydrogen) atoms. The molecule has 8 nitrogen and oxygen atoms in total. The lowest BCUT2D eigenvalue weighted by atomic mass is 9.81. The Morgan fingerprint density at radius 3 is 2.88 bits per heavy atom. The number of carbonyl (C=O) groups is 2. The van der Waals surface area contributed by atoms with E-state index in [1.807, 2.05) is 22.8 Å². The number of carbonyl (C=O) groups excluding carboxylic acids is 2. The molecule has 9 heteroatoms. The van der Waals surface area contributed by atoms with Gasteiger partial charge in [-0.15, -0.1) is 11.6 Å². The summed E-state index contributed by atoms with van der Waals surface area (Å²) in [5.74, 6) is 0.377. The molecule has 3 heterocycles. The van der Waals surface area contributed by atoms with E-state index in [1.165, 1.54) is 4.90 Å². The number of urea groups is 1. The van der Waals surface area contributed by atoms with Crippen LogP contribution in [0.15, 0.2) is 60.3 Å². The van der Waals surface area contributed by atoms with Crippen molar-refractivity contribution < 1.29 is 14.3 Å². The zero-order valence-electron chi connectivity index (χ0n) is 17.1. The molecule has 0 bridgehead atoms. The fourth-order valence-electron chi connectivity index (χ4n) is 4.41. The molecule has 2 aromatic rings. The van der Waals surface area contributed by atoms with Crippen molar-refractivity contribution in [2.24, 2.45) is 0 Å². The van der Waals surface area contributed by atoms with Crippen molar-refractivity contribution in [3.8, 4) is 6.07 Å². The summed E-state index contributed by atoms with van der Waals surface area (Å²) in [6, 6.07) is 8.93. The SMILES string of the molecule is N#Cc1ccc(Cn2cncc2CN2C(=O)NC3(CCOC4=C3C=CC(Cl)C4)C2=O)cc1. The summed E-state index contributed by atoms with van der Waals surface area (Å²) >= 11 is 6.21. The van der Waals surface area contributed by atoms with Gasteiger partial charge in [-0.2, -0.15) is 5.26 Å². The van der Waals surface area contributed by atoms with Crippen molar-refractivity contribution in [3.05, 3.63) is 77.1 Å². The van der Waals surface area contributed by atoms with Gasteiger partial charge in [-0.3, -0.25) is 9.69 Å². The van der Waals surface area contributed by atoms with Crippen LogP contribution in [0.2, 0.25) is 0 Å². The molecular formula is C23H20ClN5O3. The fourth-order valence-corrected chi connectivity index (χ4v) is 4.63. The smallest absolute Gasteiger partial charge is 0.325 e. The lowest BCUT2D eigenvalue weighted by molar-refractivity contribution is -0.131. The summed E-state index contributed by atoms with van der Waals surface area (Å²) in [5, 5.41) is 11.7. The van der Waals surface area contributed by atoms with Gasteiger partial charge in [0.05, 0.1) is 42.2 Å². The minimum absolute atomic E-state index is 0.105. The number of allylic oxidation sites excluding steroid dienone is 2. The lowest BCUT2D eigenvalue weighted by Gasteiger charge is -2.36. The highest BCUT2D eigenvalue weighted by Crippen LogP contribution is 2.40. The molecule has 5 rings (SSSR count). The molecule has 3 aliphatic rings. The van der Waals surface area contributed by atoms with Crippen LogP contribution < -0.4 is 5.32 Å². The number of alkyl halides is 1. The van der Waals surface area contributed by atoms with E-state index in [-0.39, 0.29) is 17.8 Å². The van der Waals surface area contributed by atoms with Crippen LogP contribution in [0, 0.1) is 11.3 Å². The maximum atomic E-state index is 13.5. The van der Waals surface area contributed by atoms with Crippen LogP contribution in [0.1, 0.15) is 29.7 Å². The van der Waals surface area contributed by atoms with Crippen LogP contribution in [0.4, 0.5) is 4.79 Å². The summed E-state index contributed by atoms with van der Waals surface area (Å²) in [6.45, 7) is 0.958. The predicted molar refractivity (Wildman–Crippen MR) is 115 cm³/mol. The Morgan fingerprint density at radius 2 is 2.09 bits per heavy atom. The van der Waals surface area contributed by atoms with E-state index >= 15 is 0 Å². The molecule has 2 unspecified atom stereocenters. The van der Waals surface area contributed by atoms with Crippen molar-refractivity contribution in [1.82, 2.24) is 19.8 Å². The molecule has 1 spiro atoms.